The van der Waals surface area contributed by atoms with Crippen molar-refractivity contribution < 1.29 is 19.8 Å². The topological polar surface area (TPSA) is 119 Å². The molecule has 1 saturated heterocycles. The van der Waals surface area contributed by atoms with E-state index in [-0.39, 0.29) is 36.9 Å². The molecule has 198 valence electrons. The van der Waals surface area contributed by atoms with Crippen LogP contribution in [-0.4, -0.2) is 86.2 Å². The van der Waals surface area contributed by atoms with Gasteiger partial charge in [-0.2, -0.15) is 0 Å². The minimum Gasteiger partial charge on any atom is -0.394 e. The first kappa shape index (κ1) is 28.2. The maximum atomic E-state index is 13.7. The van der Waals surface area contributed by atoms with E-state index >= 15 is 0 Å². The maximum Gasteiger partial charge on any atom is 0.243 e. The largest absolute Gasteiger partial charge is 0.394 e. The zero-order valence-corrected chi connectivity index (χ0v) is 23.0. The summed E-state index contributed by atoms with van der Waals surface area (Å²) in [5.41, 5.74) is 3.72. The highest BCUT2D eigenvalue weighted by molar-refractivity contribution is 7.13. The Balaban J connectivity index is 1.78. The Bertz CT molecular complexity index is 1050. The van der Waals surface area contributed by atoms with Crippen LogP contribution in [0.15, 0.2) is 23.8 Å². The highest BCUT2D eigenvalue weighted by atomic mass is 32.1. The van der Waals surface area contributed by atoms with Gasteiger partial charge in [-0.3, -0.25) is 19.5 Å². The van der Waals surface area contributed by atoms with Crippen molar-refractivity contribution >= 4 is 23.2 Å². The summed E-state index contributed by atoms with van der Waals surface area (Å²) < 4.78 is 0. The molecule has 1 fully saturated rings. The van der Waals surface area contributed by atoms with Crippen LogP contribution < -0.4 is 5.32 Å². The molecule has 0 saturated carbocycles. The SMILES string of the molecule is Cc1ncsc1-c1ccc([C@H](CO)NC(=O)[C@@H]2C[C@@H](O)CN2C(=O)[C@@H](N(C)C(C)C)C(C)(C)C)cn1. The monoisotopic (exact) mass is 517 g/mol. The number of aliphatic hydroxyl groups is 2. The zero-order chi connectivity index (χ0) is 26.8. The Hall–Kier alpha value is -2.40. The molecule has 3 rings (SSSR count). The molecule has 10 heteroatoms. The zero-order valence-electron chi connectivity index (χ0n) is 22.2. The number of carbonyl (C=O) groups is 2. The number of likely N-dealkylation sites (tertiary alicyclic amines) is 1. The fourth-order valence-electron chi connectivity index (χ4n) is 4.71. The molecule has 2 aromatic heterocycles. The van der Waals surface area contributed by atoms with Gasteiger partial charge in [0, 0.05) is 25.2 Å². The lowest BCUT2D eigenvalue weighted by Gasteiger charge is -2.42. The third-order valence-electron chi connectivity index (χ3n) is 6.81. The molecule has 9 nitrogen and oxygen atoms in total. The maximum absolute atomic E-state index is 13.7. The fraction of sp³-hybridized carbons (Fsp3) is 0.615. The van der Waals surface area contributed by atoms with E-state index < -0.39 is 30.1 Å². The first-order valence-electron chi connectivity index (χ1n) is 12.3. The van der Waals surface area contributed by atoms with Gasteiger partial charge < -0.3 is 20.4 Å². The van der Waals surface area contributed by atoms with Crippen molar-refractivity contribution in [3.05, 3.63) is 35.1 Å². The molecule has 4 atom stereocenters. The molecule has 2 amide bonds. The van der Waals surface area contributed by atoms with Crippen LogP contribution in [0.2, 0.25) is 0 Å². The van der Waals surface area contributed by atoms with Gasteiger partial charge in [-0.05, 0) is 44.9 Å². The number of nitrogens with zero attached hydrogens (tertiary/aromatic N) is 4. The number of thiazole rings is 1. The quantitative estimate of drug-likeness (QED) is 0.492. The van der Waals surface area contributed by atoms with Gasteiger partial charge in [0.25, 0.3) is 0 Å². The van der Waals surface area contributed by atoms with Crippen LogP contribution in [0.4, 0.5) is 0 Å². The molecular weight excluding hydrogens is 478 g/mol. The van der Waals surface area contributed by atoms with Crippen LogP contribution in [-0.2, 0) is 9.59 Å². The molecule has 0 bridgehead atoms. The predicted molar refractivity (Wildman–Crippen MR) is 140 cm³/mol. The highest BCUT2D eigenvalue weighted by Crippen LogP contribution is 2.31. The lowest BCUT2D eigenvalue weighted by atomic mass is 9.84. The summed E-state index contributed by atoms with van der Waals surface area (Å²) in [6.45, 7) is 11.8. The van der Waals surface area contributed by atoms with Gasteiger partial charge in [0.1, 0.15) is 6.04 Å². The predicted octanol–water partition coefficient (Wildman–Crippen LogP) is 2.38. The van der Waals surface area contributed by atoms with Crippen LogP contribution in [0.25, 0.3) is 10.6 Å². The van der Waals surface area contributed by atoms with Crippen molar-refractivity contribution in [2.75, 3.05) is 20.2 Å². The van der Waals surface area contributed by atoms with E-state index in [0.29, 0.717) is 5.56 Å². The van der Waals surface area contributed by atoms with E-state index in [1.54, 1.807) is 11.7 Å². The Morgan fingerprint density at radius 1 is 1.28 bits per heavy atom. The molecule has 1 aliphatic heterocycles. The minimum atomic E-state index is -0.820. The summed E-state index contributed by atoms with van der Waals surface area (Å²) in [4.78, 5) is 40.3. The van der Waals surface area contributed by atoms with E-state index in [2.05, 4.69) is 15.3 Å². The van der Waals surface area contributed by atoms with Gasteiger partial charge in [0.2, 0.25) is 11.8 Å². The van der Waals surface area contributed by atoms with Gasteiger partial charge >= 0.3 is 0 Å². The number of amides is 2. The smallest absolute Gasteiger partial charge is 0.243 e. The number of carbonyl (C=O) groups excluding carboxylic acids is 2. The second-order valence-corrected chi connectivity index (χ2v) is 11.8. The molecule has 0 unspecified atom stereocenters. The normalized spacial score (nSPS) is 20.1. The van der Waals surface area contributed by atoms with Crippen molar-refractivity contribution in [1.29, 1.82) is 0 Å². The van der Waals surface area contributed by atoms with Crippen LogP contribution >= 0.6 is 11.3 Å². The number of aliphatic hydroxyl groups excluding tert-OH is 2. The van der Waals surface area contributed by atoms with Crippen LogP contribution in [0, 0.1) is 12.3 Å². The van der Waals surface area contributed by atoms with Crippen LogP contribution in [0.3, 0.4) is 0 Å². The third-order valence-corrected chi connectivity index (χ3v) is 7.76. The average Bonchev–Trinajstić information content (AvgIpc) is 3.42. The Labute approximate surface area is 217 Å². The number of likely N-dealkylation sites (N-methyl/N-ethyl adjacent to an activating group) is 1. The van der Waals surface area contributed by atoms with Gasteiger partial charge in [-0.15, -0.1) is 11.3 Å². The van der Waals surface area contributed by atoms with E-state index in [1.807, 2.05) is 65.6 Å². The van der Waals surface area contributed by atoms with Crippen molar-refractivity contribution in [3.8, 4) is 10.6 Å². The van der Waals surface area contributed by atoms with Crippen molar-refractivity contribution in [2.24, 2.45) is 5.41 Å². The number of nitrogens with one attached hydrogen (secondary N) is 1. The number of aryl methyl sites for hydroxylation is 1. The number of pyridine rings is 1. The van der Waals surface area contributed by atoms with Crippen LogP contribution in [0.1, 0.15) is 58.3 Å². The molecule has 0 spiro atoms. The minimum absolute atomic E-state index is 0.101. The first-order chi connectivity index (χ1) is 16.8. The number of hydrogen-bond acceptors (Lipinski definition) is 8. The summed E-state index contributed by atoms with van der Waals surface area (Å²) >= 11 is 1.50. The standard InChI is InChI=1S/C26H39N5O4S/c1-15(2)30(7)23(26(4,5)6)25(35)31-12-18(33)10-21(31)24(34)29-20(13-32)17-8-9-19(27-11-17)22-16(3)28-14-36-22/h8-9,11,14-15,18,20-21,23,32-33H,10,12-13H2,1-7H3,(H,29,34)/t18-,20+,21+,23-/m1/s1. The lowest BCUT2D eigenvalue weighted by molar-refractivity contribution is -0.146. The molecular formula is C26H39N5O4S. The van der Waals surface area contributed by atoms with E-state index in [4.69, 9.17) is 0 Å². The summed E-state index contributed by atoms with van der Waals surface area (Å²) in [5.74, 6) is -0.580. The summed E-state index contributed by atoms with van der Waals surface area (Å²) in [6, 6.07) is 1.82. The van der Waals surface area contributed by atoms with Gasteiger partial charge in [0.15, 0.2) is 0 Å². The van der Waals surface area contributed by atoms with Crippen molar-refractivity contribution in [2.45, 2.75) is 78.2 Å². The second kappa shape index (κ2) is 11.3. The van der Waals surface area contributed by atoms with E-state index in [1.165, 1.54) is 16.2 Å². The lowest BCUT2D eigenvalue weighted by Crippen LogP contribution is -2.58. The molecule has 36 heavy (non-hydrogen) atoms. The molecule has 0 aliphatic carbocycles. The fourth-order valence-corrected chi connectivity index (χ4v) is 5.49. The highest BCUT2D eigenvalue weighted by Gasteiger charge is 2.45. The van der Waals surface area contributed by atoms with Crippen molar-refractivity contribution in [1.82, 2.24) is 25.1 Å². The first-order valence-corrected chi connectivity index (χ1v) is 13.2. The molecule has 0 radical (unpaired) electrons. The van der Waals surface area contributed by atoms with Gasteiger partial charge in [0.05, 0.1) is 46.6 Å². The van der Waals surface area contributed by atoms with Gasteiger partial charge in [-0.25, -0.2) is 4.98 Å². The second-order valence-electron chi connectivity index (χ2n) is 10.9. The average molecular weight is 518 g/mol. The summed E-state index contributed by atoms with van der Waals surface area (Å²) in [5, 5.41) is 23.3. The molecule has 2 aromatic rings. The molecule has 3 N–H and O–H groups in total. The molecule has 3 heterocycles. The van der Waals surface area contributed by atoms with E-state index in [9.17, 15) is 19.8 Å². The van der Waals surface area contributed by atoms with Crippen LogP contribution in [0.5, 0.6) is 0 Å². The number of rotatable bonds is 8. The Morgan fingerprint density at radius 2 is 1.97 bits per heavy atom. The Morgan fingerprint density at radius 3 is 2.47 bits per heavy atom. The summed E-state index contributed by atoms with van der Waals surface area (Å²) in [7, 11) is 1.91. The molecule has 0 aromatic carbocycles. The van der Waals surface area contributed by atoms with Crippen molar-refractivity contribution in [3.63, 3.8) is 0 Å². The van der Waals surface area contributed by atoms with E-state index in [0.717, 1.165) is 16.3 Å². The summed E-state index contributed by atoms with van der Waals surface area (Å²) in [6.07, 6.45) is 1.00. The number of hydrogen-bond donors (Lipinski definition) is 3. The molecule has 1 aliphatic rings. The third kappa shape index (κ3) is 6.11. The number of aromatic nitrogens is 2. The Kier molecular flexibility index (Phi) is 8.87. The number of β-amino-alcohol motifs (C(OH)–C–C–N with tert-alkyl or cyclic N) is 1. The van der Waals surface area contributed by atoms with Gasteiger partial charge in [-0.1, -0.05) is 26.8 Å².